The van der Waals surface area contributed by atoms with Crippen molar-refractivity contribution in [2.24, 2.45) is 11.8 Å². The summed E-state index contributed by atoms with van der Waals surface area (Å²) in [7, 11) is 0. The summed E-state index contributed by atoms with van der Waals surface area (Å²) in [6.45, 7) is 5.66. The maximum atomic E-state index is 3.75. The molecule has 1 nitrogen and oxygen atoms in total. The van der Waals surface area contributed by atoms with Gasteiger partial charge in [-0.1, -0.05) is 61.2 Å². The summed E-state index contributed by atoms with van der Waals surface area (Å²) in [6.07, 6.45) is 8.21. The fourth-order valence-electron chi connectivity index (χ4n) is 3.65. The van der Waals surface area contributed by atoms with Gasteiger partial charge in [-0.05, 0) is 55.3 Å². The second-order valence-corrected chi connectivity index (χ2v) is 7.11. The Labute approximate surface area is 132 Å². The molecule has 0 bridgehead atoms. The van der Waals surface area contributed by atoms with Crippen LogP contribution in [0.5, 0.6) is 0 Å². The molecule has 0 amide bonds. The number of hydrogen-bond donors (Lipinski definition) is 1. The van der Waals surface area contributed by atoms with Crippen LogP contribution in [0.15, 0.2) is 28.7 Å². The molecule has 20 heavy (non-hydrogen) atoms. The molecule has 3 atom stereocenters. The van der Waals surface area contributed by atoms with E-state index in [1.165, 1.54) is 42.1 Å². The van der Waals surface area contributed by atoms with Gasteiger partial charge in [0.05, 0.1) is 0 Å². The van der Waals surface area contributed by atoms with Gasteiger partial charge in [0.2, 0.25) is 0 Å². The highest BCUT2D eigenvalue weighted by atomic mass is 79.9. The Kier molecular flexibility index (Phi) is 6.57. The first kappa shape index (κ1) is 16.0. The van der Waals surface area contributed by atoms with Crippen molar-refractivity contribution in [2.45, 2.75) is 58.4 Å². The zero-order chi connectivity index (χ0) is 14.4. The summed E-state index contributed by atoms with van der Waals surface area (Å²) >= 11 is 3.59. The molecule has 3 unspecified atom stereocenters. The van der Waals surface area contributed by atoms with Crippen LogP contribution in [0.4, 0.5) is 0 Å². The molecular weight excluding hydrogens is 310 g/mol. The molecule has 0 aromatic heterocycles. The first-order valence-corrected chi connectivity index (χ1v) is 9.00. The number of benzene rings is 1. The molecule has 1 saturated carbocycles. The number of halogens is 1. The molecule has 1 aromatic carbocycles. The lowest BCUT2D eigenvalue weighted by atomic mass is 9.75. The van der Waals surface area contributed by atoms with Crippen molar-refractivity contribution in [3.05, 3.63) is 34.3 Å². The minimum atomic E-state index is 0.642. The average molecular weight is 338 g/mol. The summed E-state index contributed by atoms with van der Waals surface area (Å²) in [5.41, 5.74) is 1.45. The van der Waals surface area contributed by atoms with Crippen molar-refractivity contribution >= 4 is 15.9 Å². The van der Waals surface area contributed by atoms with Crippen molar-refractivity contribution in [1.82, 2.24) is 5.32 Å². The Morgan fingerprint density at radius 2 is 2.15 bits per heavy atom. The Morgan fingerprint density at radius 1 is 1.30 bits per heavy atom. The molecule has 1 N–H and O–H groups in total. The molecule has 0 saturated heterocycles. The molecule has 2 heteroatoms. The number of hydrogen-bond acceptors (Lipinski definition) is 1. The van der Waals surface area contributed by atoms with Crippen LogP contribution in [0.2, 0.25) is 0 Å². The van der Waals surface area contributed by atoms with Crippen LogP contribution in [0, 0.1) is 11.8 Å². The quantitative estimate of drug-likeness (QED) is 0.753. The topological polar surface area (TPSA) is 12.0 Å². The molecule has 1 fully saturated rings. The molecule has 0 aliphatic heterocycles. The first-order chi connectivity index (χ1) is 9.72. The number of likely N-dealkylation sites (N-methyl/N-ethyl adjacent to an activating group) is 1. The van der Waals surface area contributed by atoms with Crippen molar-refractivity contribution in [3.63, 3.8) is 0 Å². The molecule has 2 rings (SSSR count). The van der Waals surface area contributed by atoms with E-state index in [2.05, 4.69) is 59.4 Å². The van der Waals surface area contributed by atoms with Gasteiger partial charge in [0, 0.05) is 10.5 Å². The molecule has 112 valence electrons. The minimum absolute atomic E-state index is 0.642. The Morgan fingerprint density at radius 3 is 2.85 bits per heavy atom. The zero-order valence-corrected chi connectivity index (χ0v) is 14.5. The van der Waals surface area contributed by atoms with Gasteiger partial charge >= 0.3 is 0 Å². The van der Waals surface area contributed by atoms with E-state index in [1.54, 1.807) is 0 Å². The molecule has 0 radical (unpaired) electrons. The van der Waals surface area contributed by atoms with E-state index >= 15 is 0 Å². The van der Waals surface area contributed by atoms with Crippen molar-refractivity contribution in [2.75, 3.05) is 6.54 Å². The third-order valence-electron chi connectivity index (χ3n) is 4.78. The third kappa shape index (κ3) is 4.60. The van der Waals surface area contributed by atoms with Gasteiger partial charge in [0.1, 0.15) is 0 Å². The SMILES string of the molecule is CCNC(Cc1cccc(Br)c1)C1CCCC(CC)C1. The van der Waals surface area contributed by atoms with E-state index in [0.29, 0.717) is 6.04 Å². The van der Waals surface area contributed by atoms with Crippen LogP contribution in [0.1, 0.15) is 51.5 Å². The highest BCUT2D eigenvalue weighted by Crippen LogP contribution is 2.34. The van der Waals surface area contributed by atoms with Crippen molar-refractivity contribution in [1.29, 1.82) is 0 Å². The maximum absolute atomic E-state index is 3.75. The summed E-state index contributed by atoms with van der Waals surface area (Å²) in [4.78, 5) is 0. The lowest BCUT2D eigenvalue weighted by Crippen LogP contribution is -2.40. The van der Waals surface area contributed by atoms with E-state index < -0.39 is 0 Å². The Bertz CT molecular complexity index is 404. The monoisotopic (exact) mass is 337 g/mol. The standard InChI is InChI=1S/C18H28BrN/c1-3-14-7-5-9-16(11-14)18(20-4-2)13-15-8-6-10-17(19)12-15/h6,8,10,12,14,16,18,20H,3-5,7,9,11,13H2,1-2H3. The van der Waals surface area contributed by atoms with E-state index in [9.17, 15) is 0 Å². The minimum Gasteiger partial charge on any atom is -0.314 e. The lowest BCUT2D eigenvalue weighted by Gasteiger charge is -2.35. The van der Waals surface area contributed by atoms with Gasteiger partial charge in [-0.3, -0.25) is 0 Å². The maximum Gasteiger partial charge on any atom is 0.0178 e. The second-order valence-electron chi connectivity index (χ2n) is 6.20. The van der Waals surface area contributed by atoms with Gasteiger partial charge in [-0.15, -0.1) is 0 Å². The molecule has 1 aliphatic carbocycles. The van der Waals surface area contributed by atoms with E-state index in [-0.39, 0.29) is 0 Å². The molecule has 0 heterocycles. The summed E-state index contributed by atoms with van der Waals surface area (Å²) in [5, 5.41) is 3.75. The summed E-state index contributed by atoms with van der Waals surface area (Å²) in [6, 6.07) is 9.43. The van der Waals surface area contributed by atoms with Crippen LogP contribution in [-0.4, -0.2) is 12.6 Å². The van der Waals surface area contributed by atoms with Gasteiger partial charge in [0.15, 0.2) is 0 Å². The van der Waals surface area contributed by atoms with Gasteiger partial charge in [-0.25, -0.2) is 0 Å². The normalized spacial score (nSPS) is 24.6. The van der Waals surface area contributed by atoms with Crippen molar-refractivity contribution < 1.29 is 0 Å². The van der Waals surface area contributed by atoms with Gasteiger partial charge in [-0.2, -0.15) is 0 Å². The fourth-order valence-corrected chi connectivity index (χ4v) is 4.10. The molecule has 0 spiro atoms. The van der Waals surface area contributed by atoms with Crippen LogP contribution in [0.25, 0.3) is 0 Å². The van der Waals surface area contributed by atoms with E-state index in [4.69, 9.17) is 0 Å². The molecular formula is C18H28BrN. The largest absolute Gasteiger partial charge is 0.314 e. The van der Waals surface area contributed by atoms with Crippen LogP contribution in [0.3, 0.4) is 0 Å². The van der Waals surface area contributed by atoms with Crippen LogP contribution < -0.4 is 5.32 Å². The first-order valence-electron chi connectivity index (χ1n) is 8.20. The number of nitrogens with one attached hydrogen (secondary N) is 1. The zero-order valence-electron chi connectivity index (χ0n) is 12.9. The van der Waals surface area contributed by atoms with E-state index in [1.807, 2.05) is 0 Å². The smallest absolute Gasteiger partial charge is 0.0178 e. The highest BCUT2D eigenvalue weighted by Gasteiger charge is 2.27. The van der Waals surface area contributed by atoms with Crippen molar-refractivity contribution in [3.8, 4) is 0 Å². The highest BCUT2D eigenvalue weighted by molar-refractivity contribution is 9.10. The Balaban J connectivity index is 2.02. The van der Waals surface area contributed by atoms with Crippen LogP contribution in [-0.2, 0) is 6.42 Å². The summed E-state index contributed by atoms with van der Waals surface area (Å²) in [5.74, 6) is 1.81. The van der Waals surface area contributed by atoms with Crippen LogP contribution >= 0.6 is 15.9 Å². The van der Waals surface area contributed by atoms with Gasteiger partial charge in [0.25, 0.3) is 0 Å². The summed E-state index contributed by atoms with van der Waals surface area (Å²) < 4.78 is 1.19. The lowest BCUT2D eigenvalue weighted by molar-refractivity contribution is 0.208. The predicted molar refractivity (Wildman–Crippen MR) is 91.0 cm³/mol. The molecule has 1 aromatic rings. The average Bonchev–Trinajstić information content (AvgIpc) is 2.47. The molecule has 1 aliphatic rings. The number of rotatable bonds is 6. The second kappa shape index (κ2) is 8.19. The Hall–Kier alpha value is -0.340. The fraction of sp³-hybridized carbons (Fsp3) is 0.667. The third-order valence-corrected chi connectivity index (χ3v) is 5.27. The predicted octanol–water partition coefficient (Wildman–Crippen LogP) is 5.19. The van der Waals surface area contributed by atoms with Gasteiger partial charge < -0.3 is 5.32 Å². The van der Waals surface area contributed by atoms with E-state index in [0.717, 1.165) is 24.8 Å².